The van der Waals surface area contributed by atoms with E-state index in [0.29, 0.717) is 31.4 Å². The molecule has 2 N–H and O–H groups in total. The fourth-order valence-electron chi connectivity index (χ4n) is 5.06. The highest BCUT2D eigenvalue weighted by Gasteiger charge is 2.42. The van der Waals surface area contributed by atoms with Crippen molar-refractivity contribution in [2.75, 3.05) is 45.8 Å². The van der Waals surface area contributed by atoms with E-state index < -0.39 is 12.1 Å². The maximum absolute atomic E-state index is 13.1. The van der Waals surface area contributed by atoms with Crippen LogP contribution in [0.5, 0.6) is 0 Å². The van der Waals surface area contributed by atoms with Gasteiger partial charge in [-0.3, -0.25) is 14.7 Å². The molecule has 0 radical (unpaired) electrons. The second-order valence-corrected chi connectivity index (χ2v) is 9.16. The predicted octanol–water partition coefficient (Wildman–Crippen LogP) is 3.00. The first kappa shape index (κ1) is 24.1. The first-order valence-corrected chi connectivity index (χ1v) is 12.0. The van der Waals surface area contributed by atoms with Crippen molar-refractivity contribution in [3.05, 3.63) is 0 Å². The molecule has 2 atom stereocenters. The standard InChI is InChI=1S/C22H38F3N5O/c1-2-26-21(28-19-9-5-8-18(16-19)22(23,24)25)27-10-11-29-12-14-30(15-13-29)20(31)17-6-3-4-7-17/h17-19H,2-16H2,1H3,(H2,26,27,28). The number of halogens is 3. The Labute approximate surface area is 184 Å². The number of carbonyl (C=O) groups excluding carboxylic acids is 1. The van der Waals surface area contributed by atoms with Gasteiger partial charge in [0.15, 0.2) is 5.96 Å². The SMILES string of the molecule is CCNC(=NCCN1CCN(C(=O)C2CCCC2)CC1)NC1CCCC(C(F)(F)F)C1. The normalized spacial score (nSPS) is 26.8. The van der Waals surface area contributed by atoms with Crippen LogP contribution in [0.3, 0.4) is 0 Å². The summed E-state index contributed by atoms with van der Waals surface area (Å²) in [5.74, 6) is -0.0460. The Morgan fingerprint density at radius 1 is 1.03 bits per heavy atom. The summed E-state index contributed by atoms with van der Waals surface area (Å²) < 4.78 is 39.2. The second-order valence-electron chi connectivity index (χ2n) is 9.16. The molecule has 0 spiro atoms. The minimum Gasteiger partial charge on any atom is -0.357 e. The Hall–Kier alpha value is -1.51. The van der Waals surface area contributed by atoms with E-state index in [1.807, 2.05) is 11.8 Å². The fraction of sp³-hybridized carbons (Fsp3) is 0.909. The molecule has 3 fully saturated rings. The smallest absolute Gasteiger partial charge is 0.357 e. The van der Waals surface area contributed by atoms with Crippen molar-refractivity contribution in [1.29, 1.82) is 0 Å². The molecule has 31 heavy (non-hydrogen) atoms. The molecule has 0 aromatic carbocycles. The number of rotatable bonds is 6. The highest BCUT2D eigenvalue weighted by atomic mass is 19.4. The minimum atomic E-state index is -4.11. The molecule has 1 aliphatic heterocycles. The van der Waals surface area contributed by atoms with Crippen LogP contribution in [0.1, 0.15) is 58.3 Å². The number of piperazine rings is 1. The maximum Gasteiger partial charge on any atom is 0.391 e. The lowest BCUT2D eigenvalue weighted by atomic mass is 9.85. The van der Waals surface area contributed by atoms with Crippen molar-refractivity contribution < 1.29 is 18.0 Å². The number of hydrogen-bond donors (Lipinski definition) is 2. The molecular formula is C22H38F3N5O. The van der Waals surface area contributed by atoms with Gasteiger partial charge in [0, 0.05) is 51.2 Å². The van der Waals surface area contributed by atoms with Crippen molar-refractivity contribution >= 4 is 11.9 Å². The van der Waals surface area contributed by atoms with Crippen LogP contribution in [-0.4, -0.2) is 79.7 Å². The lowest BCUT2D eigenvalue weighted by Crippen LogP contribution is -2.50. The summed E-state index contributed by atoms with van der Waals surface area (Å²) in [6.07, 6.45) is 1.99. The van der Waals surface area contributed by atoms with E-state index in [-0.39, 0.29) is 24.8 Å². The van der Waals surface area contributed by atoms with Crippen LogP contribution in [0.25, 0.3) is 0 Å². The van der Waals surface area contributed by atoms with Crippen molar-refractivity contribution in [2.24, 2.45) is 16.8 Å². The molecule has 178 valence electrons. The topological polar surface area (TPSA) is 60.0 Å². The van der Waals surface area contributed by atoms with Crippen LogP contribution in [0, 0.1) is 11.8 Å². The lowest BCUT2D eigenvalue weighted by Gasteiger charge is -2.35. The molecule has 9 heteroatoms. The number of nitrogens with zero attached hydrogens (tertiary/aromatic N) is 3. The van der Waals surface area contributed by atoms with Crippen LogP contribution in [-0.2, 0) is 4.79 Å². The van der Waals surface area contributed by atoms with Gasteiger partial charge in [-0.25, -0.2) is 0 Å². The molecule has 0 aromatic heterocycles. The highest BCUT2D eigenvalue weighted by molar-refractivity contribution is 5.80. The van der Waals surface area contributed by atoms with Crippen LogP contribution < -0.4 is 10.6 Å². The largest absolute Gasteiger partial charge is 0.391 e. The summed E-state index contributed by atoms with van der Waals surface area (Å²) in [6.45, 7) is 7.26. The lowest BCUT2D eigenvalue weighted by molar-refractivity contribution is -0.183. The van der Waals surface area contributed by atoms with Gasteiger partial charge in [-0.15, -0.1) is 0 Å². The number of alkyl halides is 3. The predicted molar refractivity (Wildman–Crippen MR) is 116 cm³/mol. The third kappa shape index (κ3) is 7.26. The minimum absolute atomic E-state index is 0.116. The van der Waals surface area contributed by atoms with E-state index in [0.717, 1.165) is 52.0 Å². The van der Waals surface area contributed by atoms with E-state index in [1.165, 1.54) is 12.8 Å². The Morgan fingerprint density at radius 2 is 1.74 bits per heavy atom. The van der Waals surface area contributed by atoms with Crippen LogP contribution >= 0.6 is 0 Å². The zero-order valence-corrected chi connectivity index (χ0v) is 18.7. The van der Waals surface area contributed by atoms with Gasteiger partial charge in [-0.1, -0.05) is 19.3 Å². The van der Waals surface area contributed by atoms with Crippen LogP contribution in [0.4, 0.5) is 13.2 Å². The van der Waals surface area contributed by atoms with E-state index in [9.17, 15) is 18.0 Å². The Kier molecular flexibility index (Phi) is 8.86. The quantitative estimate of drug-likeness (QED) is 0.488. The van der Waals surface area contributed by atoms with Crippen molar-refractivity contribution in [3.8, 4) is 0 Å². The molecule has 2 unspecified atom stereocenters. The summed E-state index contributed by atoms with van der Waals surface area (Å²) in [5.41, 5.74) is 0. The van der Waals surface area contributed by atoms with E-state index in [4.69, 9.17) is 0 Å². The Morgan fingerprint density at radius 3 is 2.39 bits per heavy atom. The maximum atomic E-state index is 13.1. The molecule has 0 bridgehead atoms. The van der Waals surface area contributed by atoms with Gasteiger partial charge < -0.3 is 15.5 Å². The number of guanidine groups is 1. The second kappa shape index (κ2) is 11.4. The monoisotopic (exact) mass is 445 g/mol. The number of carbonyl (C=O) groups is 1. The van der Waals surface area contributed by atoms with E-state index in [1.54, 1.807) is 0 Å². The summed E-state index contributed by atoms with van der Waals surface area (Å²) in [6, 6.07) is -0.191. The molecule has 2 aliphatic carbocycles. The third-order valence-corrected chi connectivity index (χ3v) is 6.90. The molecule has 3 aliphatic rings. The van der Waals surface area contributed by atoms with Gasteiger partial charge in [0.2, 0.25) is 5.91 Å². The van der Waals surface area contributed by atoms with Gasteiger partial charge in [0.25, 0.3) is 0 Å². The summed E-state index contributed by atoms with van der Waals surface area (Å²) in [5, 5.41) is 6.38. The molecule has 6 nitrogen and oxygen atoms in total. The first-order chi connectivity index (χ1) is 14.9. The van der Waals surface area contributed by atoms with E-state index in [2.05, 4.69) is 20.5 Å². The van der Waals surface area contributed by atoms with Crippen molar-refractivity contribution in [2.45, 2.75) is 70.5 Å². The van der Waals surface area contributed by atoms with Gasteiger partial charge >= 0.3 is 6.18 Å². The Bertz CT molecular complexity index is 598. The van der Waals surface area contributed by atoms with Crippen LogP contribution in [0.15, 0.2) is 4.99 Å². The first-order valence-electron chi connectivity index (χ1n) is 12.0. The number of hydrogen-bond acceptors (Lipinski definition) is 3. The van der Waals surface area contributed by atoms with Crippen LogP contribution in [0.2, 0.25) is 0 Å². The van der Waals surface area contributed by atoms with Gasteiger partial charge in [-0.05, 0) is 39.0 Å². The van der Waals surface area contributed by atoms with Gasteiger partial charge in [0.1, 0.15) is 0 Å². The molecule has 1 saturated heterocycles. The molecule has 1 heterocycles. The van der Waals surface area contributed by atoms with Gasteiger partial charge in [0.05, 0.1) is 12.5 Å². The zero-order chi connectivity index (χ0) is 22.3. The average Bonchev–Trinajstić information content (AvgIpc) is 3.28. The zero-order valence-electron chi connectivity index (χ0n) is 18.7. The number of aliphatic imine (C=N–C) groups is 1. The van der Waals surface area contributed by atoms with E-state index >= 15 is 0 Å². The highest BCUT2D eigenvalue weighted by Crippen LogP contribution is 2.37. The number of amides is 1. The molecule has 3 rings (SSSR count). The molecule has 2 saturated carbocycles. The summed E-state index contributed by atoms with van der Waals surface area (Å²) in [7, 11) is 0. The van der Waals surface area contributed by atoms with Crippen molar-refractivity contribution in [1.82, 2.24) is 20.4 Å². The molecule has 1 amide bonds. The Balaban J connectivity index is 1.41. The van der Waals surface area contributed by atoms with Gasteiger partial charge in [-0.2, -0.15) is 13.2 Å². The summed E-state index contributed by atoms with van der Waals surface area (Å²) in [4.78, 5) is 21.5. The molecule has 0 aromatic rings. The third-order valence-electron chi connectivity index (χ3n) is 6.90. The fourth-order valence-corrected chi connectivity index (χ4v) is 5.06. The average molecular weight is 446 g/mol. The number of nitrogens with one attached hydrogen (secondary N) is 2. The molecular weight excluding hydrogens is 407 g/mol. The summed E-state index contributed by atoms with van der Waals surface area (Å²) >= 11 is 0. The van der Waals surface area contributed by atoms with Crippen molar-refractivity contribution in [3.63, 3.8) is 0 Å².